The van der Waals surface area contributed by atoms with Gasteiger partial charge in [0.1, 0.15) is 0 Å². The number of anilines is 1. The lowest BCUT2D eigenvalue weighted by atomic mass is 10.1. The Kier molecular flexibility index (Phi) is 6.81. The molecule has 1 atom stereocenters. The summed E-state index contributed by atoms with van der Waals surface area (Å²) in [5, 5.41) is 0. The number of hydrogen-bond donors (Lipinski definition) is 0. The van der Waals surface area contributed by atoms with E-state index in [1.54, 1.807) is 62.2 Å². The summed E-state index contributed by atoms with van der Waals surface area (Å²) in [6.45, 7) is 5.78. The fourth-order valence-corrected chi connectivity index (χ4v) is 5.28. The number of hydrogen-bond acceptors (Lipinski definition) is 3. The molecule has 3 aromatic rings. The zero-order chi connectivity index (χ0) is 22.6. The number of rotatable bonds is 7. The van der Waals surface area contributed by atoms with Crippen molar-refractivity contribution in [2.45, 2.75) is 31.7 Å². The van der Waals surface area contributed by atoms with Gasteiger partial charge in [0.25, 0.3) is 15.9 Å². The van der Waals surface area contributed by atoms with Gasteiger partial charge in [0.15, 0.2) is 0 Å². The molecule has 0 fully saturated rings. The summed E-state index contributed by atoms with van der Waals surface area (Å²) in [6, 6.07) is 23.5. The molecular weight excluding hydrogens is 408 g/mol. The molecule has 0 spiro atoms. The Morgan fingerprint density at radius 2 is 1.52 bits per heavy atom. The summed E-state index contributed by atoms with van der Waals surface area (Å²) in [4.78, 5) is 15.0. The number of amides is 1. The molecule has 6 heteroatoms. The second-order valence-electron chi connectivity index (χ2n) is 7.49. The molecule has 0 saturated carbocycles. The summed E-state index contributed by atoms with van der Waals surface area (Å²) in [6.07, 6.45) is 0. The van der Waals surface area contributed by atoms with Crippen molar-refractivity contribution in [1.29, 1.82) is 0 Å². The first-order chi connectivity index (χ1) is 14.8. The lowest BCUT2D eigenvalue weighted by molar-refractivity contribution is 0.0742. The van der Waals surface area contributed by atoms with E-state index in [-0.39, 0.29) is 23.4 Å². The second-order valence-corrected chi connectivity index (χ2v) is 9.32. The third-order valence-electron chi connectivity index (χ3n) is 5.52. The van der Waals surface area contributed by atoms with Crippen LogP contribution in [0.3, 0.4) is 0 Å². The summed E-state index contributed by atoms with van der Waals surface area (Å²) in [5.41, 5.74) is 2.55. The Hall–Kier alpha value is -3.12. The fraction of sp³-hybridized carbons (Fsp3) is 0.240. The maximum absolute atomic E-state index is 13.5. The zero-order valence-electron chi connectivity index (χ0n) is 18.3. The van der Waals surface area contributed by atoms with Gasteiger partial charge >= 0.3 is 0 Å². The summed E-state index contributed by atoms with van der Waals surface area (Å²) in [5.74, 6) is -0.226. The molecule has 1 amide bonds. The van der Waals surface area contributed by atoms with Crippen molar-refractivity contribution in [2.24, 2.45) is 0 Å². The number of nitrogens with zero attached hydrogens (tertiary/aromatic N) is 2. The highest BCUT2D eigenvalue weighted by Gasteiger charge is 2.27. The third kappa shape index (κ3) is 4.64. The monoisotopic (exact) mass is 436 g/mol. The molecule has 0 aliphatic heterocycles. The second kappa shape index (κ2) is 9.35. The molecule has 5 nitrogen and oxygen atoms in total. The van der Waals surface area contributed by atoms with Gasteiger partial charge in [-0.25, -0.2) is 8.42 Å². The van der Waals surface area contributed by atoms with Crippen LogP contribution in [-0.2, 0) is 10.0 Å². The summed E-state index contributed by atoms with van der Waals surface area (Å²) in [7, 11) is -2.09. The van der Waals surface area contributed by atoms with Crippen molar-refractivity contribution in [2.75, 3.05) is 17.9 Å². The average molecular weight is 437 g/mol. The van der Waals surface area contributed by atoms with E-state index < -0.39 is 10.0 Å². The molecule has 0 radical (unpaired) electrons. The van der Waals surface area contributed by atoms with Crippen LogP contribution in [0.15, 0.2) is 83.8 Å². The first kappa shape index (κ1) is 22.6. The molecule has 0 unspecified atom stereocenters. The van der Waals surface area contributed by atoms with Crippen LogP contribution in [-0.4, -0.2) is 32.8 Å². The Balaban J connectivity index is 1.97. The highest BCUT2D eigenvalue weighted by atomic mass is 32.2. The predicted molar refractivity (Wildman–Crippen MR) is 125 cm³/mol. The molecule has 162 valence electrons. The van der Waals surface area contributed by atoms with Crippen molar-refractivity contribution in [3.05, 3.63) is 95.6 Å². The molecule has 0 aliphatic rings. The number of benzene rings is 3. The number of carbonyl (C=O) groups is 1. The zero-order valence-corrected chi connectivity index (χ0v) is 19.1. The maximum Gasteiger partial charge on any atom is 0.264 e. The van der Waals surface area contributed by atoms with Crippen molar-refractivity contribution in [3.8, 4) is 0 Å². The first-order valence-electron chi connectivity index (χ1n) is 10.3. The van der Waals surface area contributed by atoms with Crippen LogP contribution in [0.2, 0.25) is 0 Å². The van der Waals surface area contributed by atoms with Gasteiger partial charge in [0.2, 0.25) is 0 Å². The quantitative estimate of drug-likeness (QED) is 0.521. The third-order valence-corrected chi connectivity index (χ3v) is 7.56. The molecule has 0 bridgehead atoms. The van der Waals surface area contributed by atoms with Crippen molar-refractivity contribution < 1.29 is 13.2 Å². The van der Waals surface area contributed by atoms with E-state index in [1.807, 2.05) is 43.3 Å². The largest absolute Gasteiger partial charge is 0.335 e. The normalized spacial score (nSPS) is 12.3. The lowest BCUT2D eigenvalue weighted by Gasteiger charge is -2.27. The molecule has 0 aromatic heterocycles. The minimum atomic E-state index is -3.83. The molecule has 0 N–H and O–H groups in total. The Bertz CT molecular complexity index is 1150. The van der Waals surface area contributed by atoms with E-state index in [2.05, 4.69) is 0 Å². The van der Waals surface area contributed by atoms with E-state index in [0.717, 1.165) is 5.56 Å². The van der Waals surface area contributed by atoms with Crippen LogP contribution < -0.4 is 4.31 Å². The van der Waals surface area contributed by atoms with Gasteiger partial charge in [-0.15, -0.1) is 0 Å². The van der Waals surface area contributed by atoms with E-state index >= 15 is 0 Å². The molecular formula is C25H28N2O3S. The van der Waals surface area contributed by atoms with E-state index in [4.69, 9.17) is 0 Å². The molecule has 0 saturated heterocycles. The van der Waals surface area contributed by atoms with Gasteiger partial charge in [-0.2, -0.15) is 0 Å². The number of carbonyl (C=O) groups excluding carboxylic acids is 1. The van der Waals surface area contributed by atoms with E-state index in [1.165, 1.54) is 10.4 Å². The topological polar surface area (TPSA) is 57.7 Å². The molecule has 31 heavy (non-hydrogen) atoms. The maximum atomic E-state index is 13.5. The summed E-state index contributed by atoms with van der Waals surface area (Å²) >= 11 is 0. The Morgan fingerprint density at radius 1 is 0.935 bits per heavy atom. The number of sulfonamides is 1. The van der Waals surface area contributed by atoms with Crippen LogP contribution in [0, 0.1) is 6.92 Å². The van der Waals surface area contributed by atoms with Crippen molar-refractivity contribution in [1.82, 2.24) is 4.90 Å². The smallest absolute Gasteiger partial charge is 0.264 e. The molecule has 3 rings (SSSR count). The molecule has 0 aliphatic carbocycles. The molecule has 3 aromatic carbocycles. The van der Waals surface area contributed by atoms with E-state index in [9.17, 15) is 13.2 Å². The van der Waals surface area contributed by atoms with Crippen LogP contribution in [0.1, 0.15) is 41.4 Å². The van der Waals surface area contributed by atoms with Crippen LogP contribution in [0.4, 0.5) is 5.69 Å². The van der Waals surface area contributed by atoms with Gasteiger partial charge in [-0.05, 0) is 56.2 Å². The average Bonchev–Trinajstić information content (AvgIpc) is 2.79. The van der Waals surface area contributed by atoms with Gasteiger partial charge in [-0.3, -0.25) is 9.10 Å². The van der Waals surface area contributed by atoms with Gasteiger partial charge in [-0.1, -0.05) is 54.6 Å². The molecule has 0 heterocycles. The fourth-order valence-electron chi connectivity index (χ4n) is 3.55. The van der Waals surface area contributed by atoms with Crippen LogP contribution in [0.25, 0.3) is 0 Å². The van der Waals surface area contributed by atoms with Gasteiger partial charge in [0, 0.05) is 19.2 Å². The Morgan fingerprint density at radius 3 is 2.10 bits per heavy atom. The van der Waals surface area contributed by atoms with E-state index in [0.29, 0.717) is 16.8 Å². The first-order valence-corrected chi connectivity index (χ1v) is 11.7. The number of para-hydroxylation sites is 1. The van der Waals surface area contributed by atoms with Crippen molar-refractivity contribution in [3.63, 3.8) is 0 Å². The van der Waals surface area contributed by atoms with Gasteiger partial charge < -0.3 is 4.90 Å². The minimum Gasteiger partial charge on any atom is -0.335 e. The lowest BCUT2D eigenvalue weighted by Crippen LogP contribution is -2.32. The van der Waals surface area contributed by atoms with Crippen LogP contribution in [0.5, 0.6) is 0 Å². The highest BCUT2D eigenvalue weighted by Crippen LogP contribution is 2.27. The highest BCUT2D eigenvalue weighted by molar-refractivity contribution is 7.92. The summed E-state index contributed by atoms with van der Waals surface area (Å²) < 4.78 is 28.3. The van der Waals surface area contributed by atoms with Crippen molar-refractivity contribution >= 4 is 21.6 Å². The predicted octanol–water partition coefficient (Wildman–Crippen LogP) is 5.04. The number of aryl methyl sites for hydroxylation is 1. The SMILES string of the molecule is CCN(c1ccccc1)S(=O)(=O)c1cc(C(=O)N(C)[C@H](C)c2ccccc2)ccc1C. The van der Waals surface area contributed by atoms with Gasteiger partial charge in [0.05, 0.1) is 16.6 Å². The Labute approximate surface area is 185 Å². The standard InChI is InChI=1S/C25H28N2O3S/c1-5-27(23-14-10-7-11-15-23)31(29,30)24-18-22(17-16-19(24)2)25(28)26(4)20(3)21-12-8-6-9-13-21/h6-18,20H,5H2,1-4H3/t20-/m1/s1. The minimum absolute atomic E-state index is 0.143. The van der Waals surface area contributed by atoms with Crippen LogP contribution >= 0.6 is 0 Å².